The minimum Gasteiger partial charge on any atom is -0.371 e. The topological polar surface area (TPSA) is 15.3 Å². The number of nitrogens with one attached hydrogen (secondary N) is 1. The lowest BCUT2D eigenvalue weighted by atomic mass is 9.93. The summed E-state index contributed by atoms with van der Waals surface area (Å²) in [5, 5.41) is 3.26. The molecule has 1 fully saturated rings. The molecule has 0 bridgehead atoms. The highest BCUT2D eigenvalue weighted by molar-refractivity contribution is 5.54. The van der Waals surface area contributed by atoms with Crippen molar-refractivity contribution in [2.45, 2.75) is 33.1 Å². The lowest BCUT2D eigenvalue weighted by molar-refractivity contribution is 0.378. The molecule has 1 aromatic rings. The molecule has 1 aromatic carbocycles. The number of hydrogen-bond acceptors (Lipinski definition) is 2. The third-order valence-corrected chi connectivity index (χ3v) is 4.11. The maximum Gasteiger partial charge on any atom is 0.0396 e. The second kappa shape index (κ2) is 6.24. The summed E-state index contributed by atoms with van der Waals surface area (Å²) < 4.78 is 0. The van der Waals surface area contributed by atoms with Gasteiger partial charge in [-0.2, -0.15) is 0 Å². The Hall–Kier alpha value is -1.02. The molecular weight excluding hydrogens is 220 g/mol. The average molecular weight is 246 g/mol. The number of nitrogens with zero attached hydrogens (tertiary/aromatic N) is 1. The Bertz CT molecular complexity index is 379. The van der Waals surface area contributed by atoms with E-state index in [4.69, 9.17) is 0 Å². The van der Waals surface area contributed by atoms with Crippen LogP contribution >= 0.6 is 0 Å². The molecular formula is C16H26N2. The number of anilines is 1. The number of rotatable bonds is 4. The van der Waals surface area contributed by atoms with Crippen LogP contribution in [0.3, 0.4) is 0 Å². The number of hydrogen-bond donors (Lipinski definition) is 1. The monoisotopic (exact) mass is 246 g/mol. The summed E-state index contributed by atoms with van der Waals surface area (Å²) in [6.45, 7) is 8.00. The summed E-state index contributed by atoms with van der Waals surface area (Å²) in [5.74, 6) is 0.916. The van der Waals surface area contributed by atoms with Crippen LogP contribution in [0.15, 0.2) is 18.2 Å². The standard InChI is InChI=1S/C16H26N2/c1-13-4-5-16(14(2)12-13)18-10-7-15(8-11-18)6-9-17-3/h4-5,12,15,17H,6-11H2,1-3H3. The second-order valence-electron chi connectivity index (χ2n) is 5.61. The molecule has 0 spiro atoms. The summed E-state index contributed by atoms with van der Waals surface area (Å²) in [4.78, 5) is 2.56. The first-order chi connectivity index (χ1) is 8.70. The van der Waals surface area contributed by atoms with Crippen molar-refractivity contribution < 1.29 is 0 Å². The first-order valence-electron chi connectivity index (χ1n) is 7.17. The fraction of sp³-hybridized carbons (Fsp3) is 0.625. The van der Waals surface area contributed by atoms with E-state index in [-0.39, 0.29) is 0 Å². The smallest absolute Gasteiger partial charge is 0.0396 e. The molecule has 2 rings (SSSR count). The molecule has 1 aliphatic heterocycles. The normalized spacial score (nSPS) is 17.2. The van der Waals surface area contributed by atoms with E-state index in [1.165, 1.54) is 49.2 Å². The van der Waals surface area contributed by atoms with E-state index in [1.807, 2.05) is 7.05 Å². The zero-order valence-corrected chi connectivity index (χ0v) is 12.0. The largest absolute Gasteiger partial charge is 0.371 e. The number of piperidine rings is 1. The van der Waals surface area contributed by atoms with Gasteiger partial charge in [-0.25, -0.2) is 0 Å². The van der Waals surface area contributed by atoms with E-state index in [0.717, 1.165) is 12.5 Å². The van der Waals surface area contributed by atoms with Crippen molar-refractivity contribution in [2.75, 3.05) is 31.6 Å². The minimum absolute atomic E-state index is 0.916. The van der Waals surface area contributed by atoms with Crippen LogP contribution < -0.4 is 10.2 Å². The van der Waals surface area contributed by atoms with E-state index in [2.05, 4.69) is 42.3 Å². The Morgan fingerprint density at radius 2 is 1.94 bits per heavy atom. The van der Waals surface area contributed by atoms with Gasteiger partial charge in [-0.3, -0.25) is 0 Å². The van der Waals surface area contributed by atoms with E-state index < -0.39 is 0 Å². The van der Waals surface area contributed by atoms with Gasteiger partial charge < -0.3 is 10.2 Å². The third-order valence-electron chi connectivity index (χ3n) is 4.11. The molecule has 0 radical (unpaired) electrons. The van der Waals surface area contributed by atoms with Crippen molar-refractivity contribution in [1.82, 2.24) is 5.32 Å². The Balaban J connectivity index is 1.93. The van der Waals surface area contributed by atoms with Gasteiger partial charge in [0, 0.05) is 18.8 Å². The first-order valence-corrected chi connectivity index (χ1v) is 7.17. The quantitative estimate of drug-likeness (QED) is 0.878. The van der Waals surface area contributed by atoms with Crippen LogP contribution in [0.2, 0.25) is 0 Å². The highest BCUT2D eigenvalue weighted by Crippen LogP contribution is 2.27. The molecule has 0 aromatic heterocycles. The van der Waals surface area contributed by atoms with Crippen molar-refractivity contribution in [2.24, 2.45) is 5.92 Å². The maximum atomic E-state index is 3.26. The van der Waals surface area contributed by atoms with Crippen LogP contribution in [0.5, 0.6) is 0 Å². The van der Waals surface area contributed by atoms with E-state index >= 15 is 0 Å². The van der Waals surface area contributed by atoms with Crippen LogP contribution in [0.4, 0.5) is 5.69 Å². The van der Waals surface area contributed by atoms with Crippen LogP contribution in [0.1, 0.15) is 30.4 Å². The van der Waals surface area contributed by atoms with Gasteiger partial charge in [0.15, 0.2) is 0 Å². The molecule has 1 saturated heterocycles. The van der Waals surface area contributed by atoms with E-state index in [1.54, 1.807) is 0 Å². The highest BCUT2D eigenvalue weighted by Gasteiger charge is 2.19. The molecule has 0 atom stereocenters. The third kappa shape index (κ3) is 3.26. The molecule has 1 N–H and O–H groups in total. The molecule has 18 heavy (non-hydrogen) atoms. The summed E-state index contributed by atoms with van der Waals surface area (Å²) in [6, 6.07) is 6.82. The molecule has 0 amide bonds. The van der Waals surface area contributed by atoms with Crippen LogP contribution in [-0.2, 0) is 0 Å². The first kappa shape index (κ1) is 13.4. The van der Waals surface area contributed by atoms with Crippen molar-refractivity contribution in [3.63, 3.8) is 0 Å². The molecule has 1 heterocycles. The van der Waals surface area contributed by atoms with Crippen LogP contribution in [0, 0.1) is 19.8 Å². The van der Waals surface area contributed by atoms with Crippen LogP contribution in [0.25, 0.3) is 0 Å². The van der Waals surface area contributed by atoms with Crippen molar-refractivity contribution in [3.05, 3.63) is 29.3 Å². The van der Waals surface area contributed by atoms with Crippen molar-refractivity contribution in [1.29, 1.82) is 0 Å². The molecule has 0 unspecified atom stereocenters. The van der Waals surface area contributed by atoms with Gasteiger partial charge in [0.1, 0.15) is 0 Å². The number of benzene rings is 1. The van der Waals surface area contributed by atoms with Gasteiger partial charge in [0.2, 0.25) is 0 Å². The summed E-state index contributed by atoms with van der Waals surface area (Å²) >= 11 is 0. The minimum atomic E-state index is 0.916. The fourth-order valence-electron chi connectivity index (χ4n) is 2.97. The molecule has 0 aliphatic carbocycles. The van der Waals surface area contributed by atoms with Gasteiger partial charge in [-0.1, -0.05) is 17.7 Å². The Kier molecular flexibility index (Phi) is 4.65. The predicted octanol–water partition coefficient (Wildman–Crippen LogP) is 3.13. The molecule has 100 valence electrons. The number of aryl methyl sites for hydroxylation is 2. The SMILES string of the molecule is CNCCC1CCN(c2ccc(C)cc2C)CC1. The summed E-state index contributed by atoms with van der Waals surface area (Å²) in [6.07, 6.45) is 4.02. The highest BCUT2D eigenvalue weighted by atomic mass is 15.1. The van der Waals surface area contributed by atoms with Gasteiger partial charge in [0.25, 0.3) is 0 Å². The molecule has 2 nitrogen and oxygen atoms in total. The molecule has 2 heteroatoms. The molecule has 0 saturated carbocycles. The molecule has 1 aliphatic rings. The Labute approximate surface area is 111 Å². The van der Waals surface area contributed by atoms with Crippen molar-refractivity contribution in [3.8, 4) is 0 Å². The predicted molar refractivity (Wildman–Crippen MR) is 79.4 cm³/mol. The maximum absolute atomic E-state index is 3.26. The Morgan fingerprint density at radius 1 is 1.22 bits per heavy atom. The summed E-state index contributed by atoms with van der Waals surface area (Å²) in [7, 11) is 2.05. The Morgan fingerprint density at radius 3 is 2.56 bits per heavy atom. The zero-order valence-electron chi connectivity index (χ0n) is 12.0. The van der Waals surface area contributed by atoms with Gasteiger partial charge >= 0.3 is 0 Å². The lowest BCUT2D eigenvalue weighted by Crippen LogP contribution is -2.34. The van der Waals surface area contributed by atoms with Gasteiger partial charge in [-0.15, -0.1) is 0 Å². The van der Waals surface area contributed by atoms with Crippen molar-refractivity contribution >= 4 is 5.69 Å². The van der Waals surface area contributed by atoms with Crippen LogP contribution in [-0.4, -0.2) is 26.7 Å². The van der Waals surface area contributed by atoms with Gasteiger partial charge in [-0.05, 0) is 64.3 Å². The van der Waals surface area contributed by atoms with E-state index in [9.17, 15) is 0 Å². The van der Waals surface area contributed by atoms with E-state index in [0.29, 0.717) is 0 Å². The lowest BCUT2D eigenvalue weighted by Gasteiger charge is -2.34. The average Bonchev–Trinajstić information content (AvgIpc) is 2.37. The zero-order chi connectivity index (χ0) is 13.0. The second-order valence-corrected chi connectivity index (χ2v) is 5.61. The van der Waals surface area contributed by atoms with Gasteiger partial charge in [0.05, 0.1) is 0 Å². The summed E-state index contributed by atoms with van der Waals surface area (Å²) in [5.41, 5.74) is 4.22. The fourth-order valence-corrected chi connectivity index (χ4v) is 2.97.